The van der Waals surface area contributed by atoms with E-state index in [0.29, 0.717) is 0 Å². The Kier molecular flexibility index (Phi) is 4.72. The van der Waals surface area contributed by atoms with Crippen molar-refractivity contribution >= 4 is 21.6 Å². The Hall–Kier alpha value is -1.67. The Bertz CT molecular complexity index is 644. The van der Waals surface area contributed by atoms with Gasteiger partial charge in [-0.1, -0.05) is 6.92 Å². The molecule has 1 aromatic carbocycles. The zero-order chi connectivity index (χ0) is 15.7. The lowest BCUT2D eigenvalue weighted by Crippen LogP contribution is -2.38. The van der Waals surface area contributed by atoms with E-state index in [1.807, 2.05) is 0 Å². The molecule has 0 fully saturated rings. The monoisotopic (exact) mass is 303 g/mol. The average molecular weight is 303 g/mol. The van der Waals surface area contributed by atoms with Gasteiger partial charge >= 0.3 is 0 Å². The Labute approximate surface area is 117 Å². The largest absolute Gasteiger partial charge is 0.396 e. The maximum absolute atomic E-state index is 13.5. The summed E-state index contributed by atoms with van der Waals surface area (Å²) in [4.78, 5) is 10.9. The summed E-state index contributed by atoms with van der Waals surface area (Å²) >= 11 is 0. The molecule has 0 aliphatic carbocycles. The van der Waals surface area contributed by atoms with Crippen molar-refractivity contribution in [1.29, 1.82) is 0 Å². The predicted octanol–water partition coefficient (Wildman–Crippen LogP) is 0.521. The fraction of sp³-hybridized carbons (Fsp3) is 0.417. The van der Waals surface area contributed by atoms with Gasteiger partial charge in [-0.2, -0.15) is 4.31 Å². The minimum Gasteiger partial charge on any atom is -0.396 e. The second kappa shape index (κ2) is 5.76. The van der Waals surface area contributed by atoms with E-state index in [9.17, 15) is 17.6 Å². The Balaban J connectivity index is 3.50. The predicted molar refractivity (Wildman–Crippen MR) is 73.9 cm³/mol. The number of nitrogens with two attached hydrogens (primary N) is 2. The van der Waals surface area contributed by atoms with Crippen LogP contribution in [0.2, 0.25) is 0 Å². The molecule has 0 radical (unpaired) electrons. The SMILES string of the molecule is CCN(CC(N)=O)S(=O)(=O)c1c(C)cc(F)c(N)c1C. The topological polar surface area (TPSA) is 106 Å². The number of hydrogen-bond acceptors (Lipinski definition) is 4. The van der Waals surface area contributed by atoms with Crippen LogP contribution in [0, 0.1) is 19.7 Å². The first-order chi connectivity index (χ1) is 9.12. The normalized spacial score (nSPS) is 11.8. The van der Waals surface area contributed by atoms with Crippen molar-refractivity contribution in [2.24, 2.45) is 5.73 Å². The highest BCUT2D eigenvalue weighted by atomic mass is 32.2. The molecule has 1 rings (SSSR count). The van der Waals surface area contributed by atoms with Crippen molar-refractivity contribution in [2.75, 3.05) is 18.8 Å². The van der Waals surface area contributed by atoms with E-state index in [1.54, 1.807) is 6.92 Å². The van der Waals surface area contributed by atoms with E-state index in [4.69, 9.17) is 11.5 Å². The number of primary amides is 1. The van der Waals surface area contributed by atoms with E-state index in [1.165, 1.54) is 13.8 Å². The van der Waals surface area contributed by atoms with Crippen molar-refractivity contribution in [3.8, 4) is 0 Å². The number of carbonyl (C=O) groups is 1. The summed E-state index contributed by atoms with van der Waals surface area (Å²) in [5, 5.41) is 0. The summed E-state index contributed by atoms with van der Waals surface area (Å²) in [6, 6.07) is 1.06. The molecular weight excluding hydrogens is 285 g/mol. The highest BCUT2D eigenvalue weighted by Gasteiger charge is 2.29. The first kappa shape index (κ1) is 16.4. The molecule has 4 N–H and O–H groups in total. The second-order valence-electron chi connectivity index (χ2n) is 4.44. The molecule has 20 heavy (non-hydrogen) atoms. The highest BCUT2D eigenvalue weighted by molar-refractivity contribution is 7.89. The molecule has 8 heteroatoms. The molecule has 0 saturated carbocycles. The van der Waals surface area contributed by atoms with Gasteiger partial charge in [-0.25, -0.2) is 12.8 Å². The first-order valence-corrected chi connectivity index (χ1v) is 7.40. The Morgan fingerprint density at radius 2 is 1.95 bits per heavy atom. The van der Waals surface area contributed by atoms with Crippen molar-refractivity contribution in [3.05, 3.63) is 23.0 Å². The van der Waals surface area contributed by atoms with Crippen LogP contribution in [0.15, 0.2) is 11.0 Å². The smallest absolute Gasteiger partial charge is 0.244 e. The second-order valence-corrected chi connectivity index (χ2v) is 6.32. The quantitative estimate of drug-likeness (QED) is 0.773. The third kappa shape index (κ3) is 2.91. The van der Waals surface area contributed by atoms with Crippen LogP contribution in [0.4, 0.5) is 10.1 Å². The minimum absolute atomic E-state index is 0.0709. The number of aryl methyl sites for hydroxylation is 1. The fourth-order valence-electron chi connectivity index (χ4n) is 2.00. The summed E-state index contributed by atoms with van der Waals surface area (Å²) in [7, 11) is -3.96. The molecule has 0 aliphatic heterocycles. The van der Waals surface area contributed by atoms with Crippen LogP contribution < -0.4 is 11.5 Å². The van der Waals surface area contributed by atoms with Crippen LogP contribution in [0.5, 0.6) is 0 Å². The van der Waals surface area contributed by atoms with E-state index in [-0.39, 0.29) is 28.3 Å². The van der Waals surface area contributed by atoms with Crippen LogP contribution in [0.25, 0.3) is 0 Å². The number of halogens is 1. The van der Waals surface area contributed by atoms with E-state index in [0.717, 1.165) is 10.4 Å². The van der Waals surface area contributed by atoms with Gasteiger partial charge in [0.05, 0.1) is 17.1 Å². The van der Waals surface area contributed by atoms with Crippen LogP contribution in [-0.4, -0.2) is 31.7 Å². The number of sulfonamides is 1. The van der Waals surface area contributed by atoms with Gasteiger partial charge in [0.2, 0.25) is 15.9 Å². The van der Waals surface area contributed by atoms with Gasteiger partial charge in [-0.3, -0.25) is 4.79 Å². The molecule has 1 amide bonds. The first-order valence-electron chi connectivity index (χ1n) is 5.96. The third-order valence-corrected chi connectivity index (χ3v) is 5.20. The zero-order valence-corrected chi connectivity index (χ0v) is 12.4. The molecule has 0 atom stereocenters. The number of likely N-dealkylation sites (N-methyl/N-ethyl adjacent to an activating group) is 1. The highest BCUT2D eigenvalue weighted by Crippen LogP contribution is 2.29. The molecule has 0 aliphatic rings. The number of carbonyl (C=O) groups excluding carboxylic acids is 1. The lowest BCUT2D eigenvalue weighted by molar-refractivity contribution is -0.118. The molecule has 0 saturated heterocycles. The third-order valence-electron chi connectivity index (χ3n) is 2.99. The van der Waals surface area contributed by atoms with E-state index >= 15 is 0 Å². The van der Waals surface area contributed by atoms with Crippen LogP contribution in [-0.2, 0) is 14.8 Å². The molecule has 0 bridgehead atoms. The van der Waals surface area contributed by atoms with Gasteiger partial charge in [0.25, 0.3) is 0 Å². The summed E-state index contributed by atoms with van der Waals surface area (Å²) in [5.74, 6) is -1.43. The molecule has 0 unspecified atom stereocenters. The van der Waals surface area contributed by atoms with Crippen molar-refractivity contribution in [1.82, 2.24) is 4.31 Å². The number of nitrogen functional groups attached to an aromatic ring is 1. The van der Waals surface area contributed by atoms with Gasteiger partial charge in [-0.05, 0) is 31.0 Å². The lowest BCUT2D eigenvalue weighted by Gasteiger charge is -2.22. The number of anilines is 1. The number of benzene rings is 1. The maximum atomic E-state index is 13.5. The van der Waals surface area contributed by atoms with Crippen LogP contribution >= 0.6 is 0 Å². The number of amides is 1. The van der Waals surface area contributed by atoms with Crippen molar-refractivity contribution in [3.63, 3.8) is 0 Å². The fourth-order valence-corrected chi connectivity index (χ4v) is 3.86. The summed E-state index contributed by atoms with van der Waals surface area (Å²) < 4.78 is 39.5. The molecule has 0 aromatic heterocycles. The van der Waals surface area contributed by atoms with Gasteiger partial charge in [-0.15, -0.1) is 0 Å². The Morgan fingerprint density at radius 3 is 2.40 bits per heavy atom. The standard InChI is InChI=1S/C12H18FN3O3S/c1-4-16(6-10(14)17)20(18,19)12-7(2)5-9(13)11(15)8(12)3/h5H,4,6,15H2,1-3H3,(H2,14,17). The van der Waals surface area contributed by atoms with E-state index < -0.39 is 28.3 Å². The average Bonchev–Trinajstić information content (AvgIpc) is 2.32. The van der Waals surface area contributed by atoms with Gasteiger partial charge in [0.1, 0.15) is 5.82 Å². The molecular formula is C12H18FN3O3S. The van der Waals surface area contributed by atoms with Gasteiger partial charge in [0, 0.05) is 6.54 Å². The Morgan fingerprint density at radius 1 is 1.40 bits per heavy atom. The van der Waals surface area contributed by atoms with Crippen LogP contribution in [0.3, 0.4) is 0 Å². The number of hydrogen-bond donors (Lipinski definition) is 2. The van der Waals surface area contributed by atoms with Gasteiger partial charge in [0.15, 0.2) is 0 Å². The maximum Gasteiger partial charge on any atom is 0.244 e. The molecule has 0 heterocycles. The van der Waals surface area contributed by atoms with E-state index in [2.05, 4.69) is 0 Å². The molecule has 1 aromatic rings. The minimum atomic E-state index is -3.96. The van der Waals surface area contributed by atoms with Crippen molar-refractivity contribution < 1.29 is 17.6 Å². The van der Waals surface area contributed by atoms with Crippen molar-refractivity contribution in [2.45, 2.75) is 25.7 Å². The van der Waals surface area contributed by atoms with Gasteiger partial charge < -0.3 is 11.5 Å². The number of rotatable bonds is 5. The number of nitrogens with zero attached hydrogens (tertiary/aromatic N) is 1. The molecule has 0 spiro atoms. The zero-order valence-electron chi connectivity index (χ0n) is 11.6. The summed E-state index contributed by atoms with van der Waals surface area (Å²) in [6.07, 6.45) is 0. The molecule has 112 valence electrons. The summed E-state index contributed by atoms with van der Waals surface area (Å²) in [6.45, 7) is 4.12. The summed E-state index contributed by atoms with van der Waals surface area (Å²) in [5.41, 5.74) is 10.7. The lowest BCUT2D eigenvalue weighted by atomic mass is 10.1. The molecule has 6 nitrogen and oxygen atoms in total. The van der Waals surface area contributed by atoms with Crippen LogP contribution in [0.1, 0.15) is 18.1 Å².